The molecule has 27 heavy (non-hydrogen) atoms. The lowest BCUT2D eigenvalue weighted by Gasteiger charge is -2.32. The summed E-state index contributed by atoms with van der Waals surface area (Å²) in [6.45, 7) is 2.27. The Balaban J connectivity index is 1.67. The molecule has 138 valence electrons. The molecule has 0 bridgehead atoms. The highest BCUT2D eigenvalue weighted by Crippen LogP contribution is 2.33. The molecule has 1 aliphatic rings. The van der Waals surface area contributed by atoms with Crippen LogP contribution in [0.15, 0.2) is 30.7 Å². The molecule has 3 heterocycles. The van der Waals surface area contributed by atoms with Crippen molar-refractivity contribution < 1.29 is 9.18 Å². The Morgan fingerprint density at radius 1 is 1.26 bits per heavy atom. The molecule has 0 fully saturated rings. The molecular formula is C17H13Cl2FN6O. The number of halogens is 3. The van der Waals surface area contributed by atoms with E-state index in [1.165, 1.54) is 6.07 Å². The first-order valence-electron chi connectivity index (χ1n) is 8.14. The maximum atomic E-state index is 13.5. The second-order valence-electron chi connectivity index (χ2n) is 6.04. The van der Waals surface area contributed by atoms with Gasteiger partial charge in [0.2, 0.25) is 0 Å². The van der Waals surface area contributed by atoms with Gasteiger partial charge in [-0.1, -0.05) is 28.4 Å². The van der Waals surface area contributed by atoms with Gasteiger partial charge in [-0.3, -0.25) is 9.78 Å². The topological polar surface area (TPSA) is 76.8 Å². The van der Waals surface area contributed by atoms with Crippen molar-refractivity contribution in [1.82, 2.24) is 29.9 Å². The highest BCUT2D eigenvalue weighted by Gasteiger charge is 2.34. The van der Waals surface area contributed by atoms with E-state index >= 15 is 0 Å². The number of nitrogens with zero attached hydrogens (tertiary/aromatic N) is 6. The lowest BCUT2D eigenvalue weighted by Crippen LogP contribution is -2.39. The Labute approximate surface area is 163 Å². The molecule has 0 N–H and O–H groups in total. The van der Waals surface area contributed by atoms with Crippen molar-refractivity contribution in [1.29, 1.82) is 0 Å². The van der Waals surface area contributed by atoms with Crippen LogP contribution in [0, 0.1) is 5.82 Å². The van der Waals surface area contributed by atoms with E-state index in [0.717, 1.165) is 11.8 Å². The molecule has 3 aromatic rings. The predicted molar refractivity (Wildman–Crippen MR) is 96.5 cm³/mol. The van der Waals surface area contributed by atoms with E-state index in [-0.39, 0.29) is 27.6 Å². The minimum atomic E-state index is -0.667. The first kappa shape index (κ1) is 17.8. The molecule has 0 radical (unpaired) electrons. The smallest absolute Gasteiger partial charge is 0.255 e. The molecule has 1 aliphatic heterocycles. The Bertz CT molecular complexity index is 1030. The van der Waals surface area contributed by atoms with Crippen LogP contribution in [-0.4, -0.2) is 42.3 Å². The summed E-state index contributed by atoms with van der Waals surface area (Å²) in [5.74, 6) is -0.445. The molecule has 1 unspecified atom stereocenters. The fraction of sp³-hybridized carbons (Fsp3) is 0.235. The molecule has 0 saturated carbocycles. The van der Waals surface area contributed by atoms with Crippen molar-refractivity contribution >= 4 is 29.1 Å². The summed E-state index contributed by atoms with van der Waals surface area (Å²) in [6, 6.07) is 2.13. The van der Waals surface area contributed by atoms with Gasteiger partial charge in [0.15, 0.2) is 5.82 Å². The molecule has 7 nitrogen and oxygen atoms in total. The van der Waals surface area contributed by atoms with Gasteiger partial charge in [-0.05, 0) is 19.1 Å². The Kier molecular flexibility index (Phi) is 4.53. The number of amides is 1. The van der Waals surface area contributed by atoms with Crippen LogP contribution >= 0.6 is 23.2 Å². The van der Waals surface area contributed by atoms with Crippen LogP contribution in [0.3, 0.4) is 0 Å². The maximum Gasteiger partial charge on any atom is 0.255 e. The molecule has 1 aromatic carbocycles. The van der Waals surface area contributed by atoms with Gasteiger partial charge in [0.25, 0.3) is 5.91 Å². The Hall–Kier alpha value is -2.58. The van der Waals surface area contributed by atoms with Crippen LogP contribution in [0.4, 0.5) is 4.39 Å². The maximum absolute atomic E-state index is 13.5. The molecule has 2 aromatic heterocycles. The summed E-state index contributed by atoms with van der Waals surface area (Å²) in [5.41, 5.74) is 1.69. The zero-order chi connectivity index (χ0) is 19.1. The number of aromatic nitrogens is 5. The number of hydrogen-bond donors (Lipinski definition) is 0. The quantitative estimate of drug-likeness (QED) is 0.610. The van der Waals surface area contributed by atoms with Crippen LogP contribution in [0.1, 0.15) is 34.7 Å². The van der Waals surface area contributed by atoms with E-state index in [1.54, 1.807) is 28.2 Å². The average molecular weight is 407 g/mol. The molecule has 4 rings (SSSR count). The van der Waals surface area contributed by atoms with E-state index in [0.29, 0.717) is 24.5 Å². The lowest BCUT2D eigenvalue weighted by atomic mass is 10.0. The van der Waals surface area contributed by atoms with Gasteiger partial charge >= 0.3 is 0 Å². The number of rotatable bonds is 2. The summed E-state index contributed by atoms with van der Waals surface area (Å²) in [7, 11) is 0. The third-order valence-corrected chi connectivity index (χ3v) is 5.40. The van der Waals surface area contributed by atoms with Crippen molar-refractivity contribution in [2.24, 2.45) is 0 Å². The van der Waals surface area contributed by atoms with Crippen LogP contribution in [0.5, 0.6) is 0 Å². The van der Waals surface area contributed by atoms with E-state index in [9.17, 15) is 9.18 Å². The molecule has 0 spiro atoms. The fourth-order valence-electron chi connectivity index (χ4n) is 3.15. The summed E-state index contributed by atoms with van der Waals surface area (Å²) in [4.78, 5) is 22.9. The summed E-state index contributed by atoms with van der Waals surface area (Å²) < 4.78 is 15.2. The third-order valence-electron chi connectivity index (χ3n) is 4.54. The minimum absolute atomic E-state index is 0.0946. The van der Waals surface area contributed by atoms with Gasteiger partial charge in [-0.25, -0.2) is 9.37 Å². The van der Waals surface area contributed by atoms with Crippen LogP contribution in [0.25, 0.3) is 5.82 Å². The second-order valence-corrected chi connectivity index (χ2v) is 6.80. The number of carbonyl (C=O) groups is 1. The van der Waals surface area contributed by atoms with E-state index in [1.807, 2.05) is 6.92 Å². The Morgan fingerprint density at radius 2 is 2.07 bits per heavy atom. The fourth-order valence-corrected chi connectivity index (χ4v) is 3.55. The third kappa shape index (κ3) is 2.94. The number of fused-ring (bicyclic) bond motifs is 1. The molecule has 0 aliphatic carbocycles. The predicted octanol–water partition coefficient (Wildman–Crippen LogP) is 3.26. The summed E-state index contributed by atoms with van der Waals surface area (Å²) in [5, 5.41) is 8.03. The molecule has 1 atom stereocenters. The van der Waals surface area contributed by atoms with Gasteiger partial charge in [-0.15, -0.1) is 5.10 Å². The molecule has 0 saturated heterocycles. The summed E-state index contributed by atoms with van der Waals surface area (Å²) >= 11 is 11.9. The lowest BCUT2D eigenvalue weighted by molar-refractivity contribution is 0.0672. The van der Waals surface area contributed by atoms with Crippen molar-refractivity contribution in [3.8, 4) is 5.82 Å². The van der Waals surface area contributed by atoms with Gasteiger partial charge < -0.3 is 4.90 Å². The zero-order valence-corrected chi connectivity index (χ0v) is 15.6. The van der Waals surface area contributed by atoms with Crippen LogP contribution in [-0.2, 0) is 6.42 Å². The number of carbonyl (C=O) groups excluding carboxylic acids is 1. The first-order valence-corrected chi connectivity index (χ1v) is 8.90. The van der Waals surface area contributed by atoms with E-state index < -0.39 is 5.82 Å². The molecule has 10 heteroatoms. The highest BCUT2D eigenvalue weighted by molar-refractivity contribution is 6.43. The molecule has 1 amide bonds. The average Bonchev–Trinajstić information content (AvgIpc) is 3.12. The number of hydrogen-bond acceptors (Lipinski definition) is 5. The Morgan fingerprint density at radius 3 is 2.81 bits per heavy atom. The van der Waals surface area contributed by atoms with E-state index in [2.05, 4.69) is 20.3 Å². The van der Waals surface area contributed by atoms with Crippen LogP contribution < -0.4 is 0 Å². The van der Waals surface area contributed by atoms with Crippen molar-refractivity contribution in [2.75, 3.05) is 6.54 Å². The normalized spacial score (nSPS) is 16.3. The standard InChI is InChI=1S/C17H13Cl2FN6O/c1-9-16-12(26(24-23-16)13-8-21-5-6-22-13)4-7-25(9)17(27)10-2-3-11(20)15(19)14(10)18/h2-3,5-6,8-9H,4,7H2,1H3. The van der Waals surface area contributed by atoms with Gasteiger partial charge in [0, 0.05) is 25.4 Å². The van der Waals surface area contributed by atoms with Crippen LogP contribution in [0.2, 0.25) is 10.0 Å². The second kappa shape index (κ2) is 6.86. The minimum Gasteiger partial charge on any atom is -0.330 e. The van der Waals surface area contributed by atoms with Gasteiger partial charge in [0.05, 0.1) is 33.5 Å². The zero-order valence-electron chi connectivity index (χ0n) is 14.1. The SMILES string of the molecule is CC1c2nnn(-c3cnccn3)c2CCN1C(=O)c1ccc(F)c(Cl)c1Cl. The van der Waals surface area contributed by atoms with Crippen molar-refractivity contribution in [3.63, 3.8) is 0 Å². The van der Waals surface area contributed by atoms with Crippen molar-refractivity contribution in [2.45, 2.75) is 19.4 Å². The van der Waals surface area contributed by atoms with Crippen molar-refractivity contribution in [3.05, 3.63) is 63.5 Å². The summed E-state index contributed by atoms with van der Waals surface area (Å²) in [6.07, 6.45) is 5.28. The van der Waals surface area contributed by atoms with Gasteiger partial charge in [-0.2, -0.15) is 4.68 Å². The monoisotopic (exact) mass is 406 g/mol. The number of benzene rings is 1. The highest BCUT2D eigenvalue weighted by atomic mass is 35.5. The first-order chi connectivity index (χ1) is 13.0. The largest absolute Gasteiger partial charge is 0.330 e. The molecular weight excluding hydrogens is 394 g/mol. The van der Waals surface area contributed by atoms with Gasteiger partial charge in [0.1, 0.15) is 11.5 Å². The van der Waals surface area contributed by atoms with E-state index in [4.69, 9.17) is 23.2 Å².